The minimum Gasteiger partial charge on any atom is -0.466 e. The van der Waals surface area contributed by atoms with Gasteiger partial charge in [0.05, 0.1) is 22.5 Å². The van der Waals surface area contributed by atoms with Gasteiger partial charge in [0.25, 0.3) is 0 Å². The first kappa shape index (κ1) is 16.2. The van der Waals surface area contributed by atoms with Crippen LogP contribution in [0, 0.1) is 0 Å². The van der Waals surface area contributed by atoms with Crippen LogP contribution in [-0.4, -0.2) is 29.6 Å². The summed E-state index contributed by atoms with van der Waals surface area (Å²) in [6.07, 6.45) is 1.74. The van der Waals surface area contributed by atoms with Gasteiger partial charge in [-0.15, -0.1) is 17.9 Å². The van der Waals surface area contributed by atoms with Gasteiger partial charge in [-0.25, -0.2) is 4.79 Å². The van der Waals surface area contributed by atoms with Gasteiger partial charge in [0.2, 0.25) is 0 Å². The molecule has 1 aliphatic heterocycles. The van der Waals surface area contributed by atoms with E-state index < -0.39 is 0 Å². The normalized spacial score (nSPS) is 18.5. The zero-order valence-electron chi connectivity index (χ0n) is 11.7. The molecule has 2 heterocycles. The van der Waals surface area contributed by atoms with Gasteiger partial charge >= 0.3 is 5.97 Å². The van der Waals surface area contributed by atoms with Gasteiger partial charge in [0.15, 0.2) is 5.11 Å². The number of nitrogens with zero attached hydrogens (tertiary/aromatic N) is 1. The van der Waals surface area contributed by atoms with Crippen LogP contribution in [0.1, 0.15) is 17.8 Å². The van der Waals surface area contributed by atoms with Crippen LogP contribution >= 0.6 is 39.5 Å². The SMILES string of the molecule is C=CCN1C(=S)N[C@@H](c2ccc(Br)s2)C(C(=O)OC)=C1C. The minimum atomic E-state index is -0.355. The van der Waals surface area contributed by atoms with E-state index in [2.05, 4.69) is 27.8 Å². The Morgan fingerprint density at radius 2 is 2.38 bits per heavy atom. The Labute approximate surface area is 141 Å². The molecule has 0 radical (unpaired) electrons. The number of methoxy groups -OCH3 is 1. The number of halogens is 1. The first-order valence-corrected chi connectivity index (χ1v) is 8.24. The van der Waals surface area contributed by atoms with Crippen molar-refractivity contribution in [2.45, 2.75) is 13.0 Å². The molecule has 0 unspecified atom stereocenters. The first-order chi connectivity index (χ1) is 9.99. The molecule has 0 saturated carbocycles. The summed E-state index contributed by atoms with van der Waals surface area (Å²) in [6, 6.07) is 3.63. The first-order valence-electron chi connectivity index (χ1n) is 6.22. The summed E-state index contributed by atoms with van der Waals surface area (Å²) in [5, 5.41) is 3.80. The molecule has 1 aromatic heterocycles. The maximum absolute atomic E-state index is 12.2. The Morgan fingerprint density at radius 1 is 1.67 bits per heavy atom. The van der Waals surface area contributed by atoms with Gasteiger partial charge in [-0.1, -0.05) is 6.08 Å². The Bertz CT molecular complexity index is 624. The molecule has 1 atom stereocenters. The van der Waals surface area contributed by atoms with Crippen molar-refractivity contribution in [3.05, 3.63) is 44.7 Å². The van der Waals surface area contributed by atoms with E-state index in [1.54, 1.807) is 17.4 Å². The third kappa shape index (κ3) is 3.20. The lowest BCUT2D eigenvalue weighted by Crippen LogP contribution is -2.47. The Balaban J connectivity index is 2.51. The predicted octanol–water partition coefficient (Wildman–Crippen LogP) is 3.37. The third-order valence-corrected chi connectivity index (χ3v) is 5.22. The van der Waals surface area contributed by atoms with Gasteiger partial charge in [-0.2, -0.15) is 0 Å². The van der Waals surface area contributed by atoms with E-state index in [1.165, 1.54) is 7.11 Å². The van der Waals surface area contributed by atoms with E-state index in [0.717, 1.165) is 14.4 Å². The van der Waals surface area contributed by atoms with Crippen molar-refractivity contribution in [2.24, 2.45) is 0 Å². The lowest BCUT2D eigenvalue weighted by molar-refractivity contribution is -0.136. The van der Waals surface area contributed by atoms with Crippen LogP contribution < -0.4 is 5.32 Å². The number of hydrogen-bond donors (Lipinski definition) is 1. The summed E-state index contributed by atoms with van der Waals surface area (Å²) in [6.45, 7) is 6.14. The van der Waals surface area contributed by atoms with Crippen molar-refractivity contribution in [3.63, 3.8) is 0 Å². The van der Waals surface area contributed by atoms with E-state index in [4.69, 9.17) is 17.0 Å². The molecule has 0 amide bonds. The van der Waals surface area contributed by atoms with E-state index in [0.29, 0.717) is 17.2 Å². The Morgan fingerprint density at radius 3 is 2.90 bits per heavy atom. The fourth-order valence-corrected chi connectivity index (χ4v) is 4.02. The fraction of sp³-hybridized carbons (Fsp3) is 0.286. The average Bonchev–Trinajstić information content (AvgIpc) is 2.88. The second-order valence-electron chi connectivity index (χ2n) is 4.41. The van der Waals surface area contributed by atoms with Crippen LogP contribution in [0.4, 0.5) is 0 Å². The van der Waals surface area contributed by atoms with E-state index in [-0.39, 0.29) is 12.0 Å². The number of esters is 1. The van der Waals surface area contributed by atoms with E-state index >= 15 is 0 Å². The maximum atomic E-state index is 12.2. The van der Waals surface area contributed by atoms with Gasteiger partial charge in [0.1, 0.15) is 0 Å². The zero-order chi connectivity index (χ0) is 15.6. The standard InChI is InChI=1S/C14H15BrN2O2S2/c1-4-7-17-8(2)11(13(18)19-3)12(16-14(17)20)9-5-6-10(15)21-9/h4-6,12H,1,7H2,2-3H3,(H,16,20)/t12-/m0/s1. The van der Waals surface area contributed by atoms with E-state index in [1.807, 2.05) is 24.0 Å². The second-order valence-corrected chi connectivity index (χ2v) is 7.30. The van der Waals surface area contributed by atoms with Crippen LogP contribution in [0.25, 0.3) is 0 Å². The highest BCUT2D eigenvalue weighted by Crippen LogP contribution is 2.36. The van der Waals surface area contributed by atoms with Crippen molar-refractivity contribution in [1.29, 1.82) is 0 Å². The molecule has 0 aliphatic carbocycles. The molecule has 4 nitrogen and oxygen atoms in total. The van der Waals surface area contributed by atoms with Crippen LogP contribution in [0.5, 0.6) is 0 Å². The smallest absolute Gasteiger partial charge is 0.338 e. The molecule has 0 aromatic carbocycles. The zero-order valence-corrected chi connectivity index (χ0v) is 14.9. The van der Waals surface area contributed by atoms with Crippen LogP contribution in [0.2, 0.25) is 0 Å². The molecular weight excluding hydrogens is 372 g/mol. The molecule has 2 rings (SSSR count). The maximum Gasteiger partial charge on any atom is 0.338 e. The number of carbonyl (C=O) groups excluding carboxylic acids is 1. The topological polar surface area (TPSA) is 41.6 Å². The average molecular weight is 387 g/mol. The Kier molecular flexibility index (Phi) is 5.18. The predicted molar refractivity (Wildman–Crippen MR) is 92.1 cm³/mol. The van der Waals surface area contributed by atoms with E-state index in [9.17, 15) is 4.79 Å². The van der Waals surface area contributed by atoms with Crippen molar-refractivity contribution >= 4 is 50.6 Å². The summed E-state index contributed by atoms with van der Waals surface area (Å²) in [7, 11) is 1.38. The highest BCUT2D eigenvalue weighted by atomic mass is 79.9. The summed E-state index contributed by atoms with van der Waals surface area (Å²) < 4.78 is 5.94. The number of carbonyl (C=O) groups is 1. The second kappa shape index (κ2) is 6.72. The molecule has 7 heteroatoms. The van der Waals surface area contributed by atoms with Crippen LogP contribution in [0.15, 0.2) is 39.8 Å². The van der Waals surface area contributed by atoms with Crippen LogP contribution in [0.3, 0.4) is 0 Å². The quantitative estimate of drug-likeness (QED) is 0.488. The number of allylic oxidation sites excluding steroid dienone is 1. The number of ether oxygens (including phenoxy) is 1. The molecule has 1 N–H and O–H groups in total. The summed E-state index contributed by atoms with van der Waals surface area (Å²) in [5.41, 5.74) is 1.36. The van der Waals surface area contributed by atoms with Crippen molar-refractivity contribution in [2.75, 3.05) is 13.7 Å². The molecular formula is C14H15BrN2O2S2. The van der Waals surface area contributed by atoms with Gasteiger partial charge in [0, 0.05) is 17.1 Å². The molecule has 112 valence electrons. The number of nitrogens with one attached hydrogen (secondary N) is 1. The van der Waals surface area contributed by atoms with Crippen molar-refractivity contribution in [1.82, 2.24) is 10.2 Å². The minimum absolute atomic E-state index is 0.290. The van der Waals surface area contributed by atoms with Gasteiger partial charge in [-0.05, 0) is 47.2 Å². The van der Waals surface area contributed by atoms with Crippen molar-refractivity contribution in [3.8, 4) is 0 Å². The summed E-state index contributed by atoms with van der Waals surface area (Å²) in [5.74, 6) is -0.355. The molecule has 1 aromatic rings. The number of thiophene rings is 1. The molecule has 21 heavy (non-hydrogen) atoms. The Hall–Kier alpha value is -1.18. The highest BCUT2D eigenvalue weighted by Gasteiger charge is 2.34. The number of hydrogen-bond acceptors (Lipinski definition) is 4. The summed E-state index contributed by atoms with van der Waals surface area (Å²) >= 11 is 10.4. The monoisotopic (exact) mass is 386 g/mol. The lowest BCUT2D eigenvalue weighted by atomic mass is 10.0. The number of thiocarbonyl (C=S) groups is 1. The largest absolute Gasteiger partial charge is 0.466 e. The van der Waals surface area contributed by atoms with Gasteiger partial charge < -0.3 is 15.0 Å². The van der Waals surface area contributed by atoms with Gasteiger partial charge in [-0.3, -0.25) is 0 Å². The molecule has 0 saturated heterocycles. The molecule has 0 fully saturated rings. The molecule has 0 bridgehead atoms. The lowest BCUT2D eigenvalue weighted by Gasteiger charge is -2.36. The molecule has 1 aliphatic rings. The fourth-order valence-electron chi connectivity index (χ4n) is 2.20. The van der Waals surface area contributed by atoms with Crippen LogP contribution in [-0.2, 0) is 9.53 Å². The summed E-state index contributed by atoms with van der Waals surface area (Å²) in [4.78, 5) is 15.0. The van der Waals surface area contributed by atoms with Crippen molar-refractivity contribution < 1.29 is 9.53 Å². The number of rotatable bonds is 4. The molecule has 0 spiro atoms. The highest BCUT2D eigenvalue weighted by molar-refractivity contribution is 9.11. The third-order valence-electron chi connectivity index (χ3n) is 3.19.